The first kappa shape index (κ1) is 14.8. The lowest BCUT2D eigenvalue weighted by Crippen LogP contribution is -2.51. The van der Waals surface area contributed by atoms with Gasteiger partial charge in [0.1, 0.15) is 0 Å². The molecule has 7 heteroatoms. The van der Waals surface area contributed by atoms with Gasteiger partial charge in [0.05, 0.1) is 12.2 Å². The van der Waals surface area contributed by atoms with Gasteiger partial charge >= 0.3 is 0 Å². The highest BCUT2D eigenvalue weighted by atomic mass is 19.2. The number of carbonyl (C=O) groups excluding carboxylic acids is 1. The summed E-state index contributed by atoms with van der Waals surface area (Å²) < 4.78 is 44.7. The highest BCUT2D eigenvalue weighted by Crippen LogP contribution is 2.18. The average molecular weight is 288 g/mol. The molecule has 1 aliphatic rings. The SMILES string of the molecule is CC1CN(C(=O)c2cc(F)c(F)c(F)c2)CC(CN)O1. The highest BCUT2D eigenvalue weighted by molar-refractivity contribution is 5.94. The van der Waals surface area contributed by atoms with Crippen molar-refractivity contribution in [2.45, 2.75) is 19.1 Å². The number of benzene rings is 1. The minimum atomic E-state index is -1.59. The second-order valence-corrected chi connectivity index (χ2v) is 4.77. The quantitative estimate of drug-likeness (QED) is 0.834. The van der Waals surface area contributed by atoms with Gasteiger partial charge in [0.2, 0.25) is 0 Å². The average Bonchev–Trinajstić information content (AvgIpc) is 2.42. The zero-order chi connectivity index (χ0) is 14.9. The van der Waals surface area contributed by atoms with Gasteiger partial charge in [-0.3, -0.25) is 4.79 Å². The molecule has 0 spiro atoms. The Labute approximate surface area is 114 Å². The first-order valence-corrected chi connectivity index (χ1v) is 6.21. The zero-order valence-electron chi connectivity index (χ0n) is 10.9. The van der Waals surface area contributed by atoms with E-state index in [2.05, 4.69) is 0 Å². The number of nitrogens with zero attached hydrogens (tertiary/aromatic N) is 1. The van der Waals surface area contributed by atoms with Crippen LogP contribution >= 0.6 is 0 Å². The predicted molar refractivity (Wildman–Crippen MR) is 65.6 cm³/mol. The standard InChI is InChI=1S/C13H15F3N2O2/c1-7-5-18(6-9(4-17)20-7)13(19)8-2-10(14)12(16)11(15)3-8/h2-3,7,9H,4-6,17H2,1H3. The molecule has 4 nitrogen and oxygen atoms in total. The molecule has 2 unspecified atom stereocenters. The largest absolute Gasteiger partial charge is 0.370 e. The number of hydrogen-bond acceptors (Lipinski definition) is 3. The number of rotatable bonds is 2. The molecule has 1 saturated heterocycles. The predicted octanol–water partition coefficient (Wildman–Crippen LogP) is 1.29. The summed E-state index contributed by atoms with van der Waals surface area (Å²) in [5, 5.41) is 0. The van der Waals surface area contributed by atoms with Crippen molar-refractivity contribution >= 4 is 5.91 Å². The Kier molecular flexibility index (Phi) is 4.29. The summed E-state index contributed by atoms with van der Waals surface area (Å²) in [5.41, 5.74) is 5.27. The van der Waals surface area contributed by atoms with E-state index in [0.717, 1.165) is 0 Å². The fourth-order valence-electron chi connectivity index (χ4n) is 2.20. The molecule has 0 aliphatic carbocycles. The van der Waals surface area contributed by atoms with Crippen LogP contribution in [0.25, 0.3) is 0 Å². The minimum absolute atomic E-state index is 0.226. The van der Waals surface area contributed by atoms with Crippen LogP contribution in [0, 0.1) is 17.5 Å². The fourth-order valence-corrected chi connectivity index (χ4v) is 2.20. The van der Waals surface area contributed by atoms with E-state index in [4.69, 9.17) is 10.5 Å². The van der Waals surface area contributed by atoms with Crippen LogP contribution in [-0.4, -0.2) is 42.6 Å². The van der Waals surface area contributed by atoms with Gasteiger partial charge in [-0.1, -0.05) is 0 Å². The second kappa shape index (κ2) is 5.80. The fraction of sp³-hybridized carbons (Fsp3) is 0.462. The van der Waals surface area contributed by atoms with Crippen molar-refractivity contribution in [3.63, 3.8) is 0 Å². The van der Waals surface area contributed by atoms with Crippen molar-refractivity contribution in [1.82, 2.24) is 4.90 Å². The molecule has 20 heavy (non-hydrogen) atoms. The number of nitrogens with two attached hydrogens (primary N) is 1. The van der Waals surface area contributed by atoms with Crippen molar-refractivity contribution in [3.8, 4) is 0 Å². The Morgan fingerprint density at radius 2 is 1.95 bits per heavy atom. The van der Waals surface area contributed by atoms with E-state index in [-0.39, 0.29) is 37.4 Å². The lowest BCUT2D eigenvalue weighted by molar-refractivity contribution is -0.0626. The second-order valence-electron chi connectivity index (χ2n) is 4.77. The van der Waals surface area contributed by atoms with Crippen molar-refractivity contribution < 1.29 is 22.7 Å². The lowest BCUT2D eigenvalue weighted by Gasteiger charge is -2.36. The maximum absolute atomic E-state index is 13.2. The van der Waals surface area contributed by atoms with Gasteiger partial charge in [0.15, 0.2) is 17.5 Å². The molecule has 1 aromatic rings. The van der Waals surface area contributed by atoms with E-state index in [0.29, 0.717) is 12.1 Å². The van der Waals surface area contributed by atoms with E-state index < -0.39 is 23.4 Å². The molecule has 2 N–H and O–H groups in total. The molecule has 110 valence electrons. The van der Waals surface area contributed by atoms with E-state index in [9.17, 15) is 18.0 Å². The molecular weight excluding hydrogens is 273 g/mol. The number of carbonyl (C=O) groups is 1. The highest BCUT2D eigenvalue weighted by Gasteiger charge is 2.29. The number of ether oxygens (including phenoxy) is 1. The first-order valence-electron chi connectivity index (χ1n) is 6.21. The molecule has 0 radical (unpaired) electrons. The monoisotopic (exact) mass is 288 g/mol. The molecule has 2 atom stereocenters. The van der Waals surface area contributed by atoms with Crippen LogP contribution < -0.4 is 5.73 Å². The third-order valence-corrected chi connectivity index (χ3v) is 3.11. The van der Waals surface area contributed by atoms with Crippen LogP contribution in [0.2, 0.25) is 0 Å². The van der Waals surface area contributed by atoms with Gasteiger partial charge in [-0.2, -0.15) is 0 Å². The topological polar surface area (TPSA) is 55.6 Å². The summed E-state index contributed by atoms with van der Waals surface area (Å²) in [6.45, 7) is 2.53. The van der Waals surface area contributed by atoms with Crippen LogP contribution in [0.1, 0.15) is 17.3 Å². The smallest absolute Gasteiger partial charge is 0.254 e. The molecule has 1 amide bonds. The Morgan fingerprint density at radius 3 is 2.50 bits per heavy atom. The van der Waals surface area contributed by atoms with E-state index in [1.807, 2.05) is 0 Å². The molecule has 1 fully saturated rings. The van der Waals surface area contributed by atoms with E-state index >= 15 is 0 Å². The summed E-state index contributed by atoms with van der Waals surface area (Å²) >= 11 is 0. The lowest BCUT2D eigenvalue weighted by atomic mass is 10.1. The molecule has 0 aromatic heterocycles. The van der Waals surface area contributed by atoms with Gasteiger partial charge in [-0.25, -0.2) is 13.2 Å². The molecule has 1 aromatic carbocycles. The van der Waals surface area contributed by atoms with Crippen LogP contribution in [0.15, 0.2) is 12.1 Å². The molecule has 2 rings (SSSR count). The van der Waals surface area contributed by atoms with E-state index in [1.165, 1.54) is 4.90 Å². The van der Waals surface area contributed by atoms with Crippen LogP contribution in [0.4, 0.5) is 13.2 Å². The van der Waals surface area contributed by atoms with Crippen LogP contribution in [-0.2, 0) is 4.74 Å². The summed E-state index contributed by atoms with van der Waals surface area (Å²) in [4.78, 5) is 13.6. The Balaban J connectivity index is 2.22. The third kappa shape index (κ3) is 2.94. The minimum Gasteiger partial charge on any atom is -0.370 e. The first-order chi connectivity index (χ1) is 9.42. The van der Waals surface area contributed by atoms with Gasteiger partial charge in [-0.05, 0) is 19.1 Å². The van der Waals surface area contributed by atoms with Gasteiger partial charge < -0.3 is 15.4 Å². The number of amides is 1. The summed E-state index contributed by atoms with van der Waals surface area (Å²) in [6, 6.07) is 1.39. The van der Waals surface area contributed by atoms with Gasteiger partial charge in [0, 0.05) is 25.2 Å². The maximum Gasteiger partial charge on any atom is 0.254 e. The molecule has 1 aliphatic heterocycles. The molecule has 0 bridgehead atoms. The normalized spacial score (nSPS) is 22.9. The number of hydrogen-bond donors (Lipinski definition) is 1. The van der Waals surface area contributed by atoms with Crippen molar-refractivity contribution in [3.05, 3.63) is 35.1 Å². The zero-order valence-corrected chi connectivity index (χ0v) is 10.9. The van der Waals surface area contributed by atoms with Gasteiger partial charge in [0.25, 0.3) is 5.91 Å². The Bertz CT molecular complexity index is 501. The number of morpholine rings is 1. The molecule has 1 heterocycles. The summed E-state index contributed by atoms with van der Waals surface area (Å²) in [7, 11) is 0. The van der Waals surface area contributed by atoms with Gasteiger partial charge in [-0.15, -0.1) is 0 Å². The van der Waals surface area contributed by atoms with Crippen LogP contribution in [0.5, 0.6) is 0 Å². The van der Waals surface area contributed by atoms with Crippen LogP contribution in [0.3, 0.4) is 0 Å². The van der Waals surface area contributed by atoms with Crippen molar-refractivity contribution in [1.29, 1.82) is 0 Å². The van der Waals surface area contributed by atoms with Crippen molar-refractivity contribution in [2.75, 3.05) is 19.6 Å². The molecular formula is C13H15F3N2O2. The third-order valence-electron chi connectivity index (χ3n) is 3.11. The number of halogens is 3. The van der Waals surface area contributed by atoms with E-state index in [1.54, 1.807) is 6.92 Å². The maximum atomic E-state index is 13.2. The Hall–Kier alpha value is -1.60. The summed E-state index contributed by atoms with van der Waals surface area (Å²) in [5.74, 6) is -4.93. The summed E-state index contributed by atoms with van der Waals surface area (Å²) in [6.07, 6.45) is -0.547. The Morgan fingerprint density at radius 1 is 1.35 bits per heavy atom. The van der Waals surface area contributed by atoms with Crippen molar-refractivity contribution in [2.24, 2.45) is 5.73 Å². The molecule has 0 saturated carbocycles.